The van der Waals surface area contributed by atoms with Gasteiger partial charge in [-0.15, -0.1) is 0 Å². The number of nitrogens with zero attached hydrogens (tertiary/aromatic N) is 2. The molecule has 26 heavy (non-hydrogen) atoms. The van der Waals surface area contributed by atoms with Crippen molar-refractivity contribution in [3.63, 3.8) is 0 Å². The predicted octanol–water partition coefficient (Wildman–Crippen LogP) is 4.00. The average molecular weight is 496 g/mol. The molecule has 0 N–H and O–H groups in total. The maximum absolute atomic E-state index is 14.0. The van der Waals surface area contributed by atoms with Crippen LogP contribution in [0.2, 0.25) is 5.02 Å². The second-order valence-corrected chi connectivity index (χ2v) is 8.70. The molecule has 0 radical (unpaired) electrons. The number of alkyl halides is 1. The quantitative estimate of drug-likeness (QED) is 0.207. The summed E-state index contributed by atoms with van der Waals surface area (Å²) < 4.78 is 21.5. The number of esters is 1. The predicted molar refractivity (Wildman–Crippen MR) is 110 cm³/mol. The van der Waals surface area contributed by atoms with Crippen molar-refractivity contribution in [1.29, 1.82) is 0 Å². The van der Waals surface area contributed by atoms with E-state index in [9.17, 15) is 14.0 Å². The minimum absolute atomic E-state index is 0.0722. The van der Waals surface area contributed by atoms with Crippen molar-refractivity contribution in [3.05, 3.63) is 45.0 Å². The molecule has 0 aliphatic rings. The number of likely N-dealkylation sites (N-methyl/N-ethyl adjacent to an activating group) is 1. The van der Waals surface area contributed by atoms with Gasteiger partial charge in [0.15, 0.2) is 4.05 Å². The number of aromatic nitrogens is 1. The van der Waals surface area contributed by atoms with Gasteiger partial charge in [-0.1, -0.05) is 11.6 Å². The van der Waals surface area contributed by atoms with Gasteiger partial charge in [-0.25, -0.2) is 9.18 Å². The van der Waals surface area contributed by atoms with E-state index in [0.717, 1.165) is 6.07 Å². The number of hydrogen-bond acceptors (Lipinski definition) is 3. The first kappa shape index (κ1) is 21.1. The molecule has 2 aromatic rings. The summed E-state index contributed by atoms with van der Waals surface area (Å²) >= 11 is 8.28. The van der Waals surface area contributed by atoms with Gasteiger partial charge in [0.25, 0.3) is 0 Å². The molecule has 2 unspecified atom stereocenters. The van der Waals surface area contributed by atoms with Gasteiger partial charge >= 0.3 is 5.97 Å². The van der Waals surface area contributed by atoms with Crippen LogP contribution in [0.15, 0.2) is 23.1 Å². The first-order valence-electron chi connectivity index (χ1n) is 8.15. The van der Waals surface area contributed by atoms with Crippen LogP contribution in [0, 0.1) is 5.82 Å². The Morgan fingerprint density at radius 3 is 2.54 bits per heavy atom. The second-order valence-electron chi connectivity index (χ2n) is 7.01. The van der Waals surface area contributed by atoms with E-state index < -0.39 is 17.2 Å². The molecule has 5 nitrogen and oxygen atoms in total. The third-order valence-corrected chi connectivity index (χ3v) is 7.15. The van der Waals surface area contributed by atoms with E-state index in [1.54, 1.807) is 11.5 Å². The molecule has 1 heterocycles. The zero-order chi connectivity index (χ0) is 19.8. The monoisotopic (exact) mass is 495 g/mol. The molecule has 0 amide bonds. The van der Waals surface area contributed by atoms with Crippen LogP contribution in [0.3, 0.4) is 0 Å². The molecule has 0 spiro atoms. The minimum Gasteiger partial charge on any atom is -0.462 e. The third-order valence-electron chi connectivity index (χ3n) is 4.15. The number of fused-ring (bicyclic) bond motifs is 1. The average Bonchev–Trinajstić information content (AvgIpc) is 2.55. The number of quaternary nitrogens is 1. The van der Waals surface area contributed by atoms with E-state index >= 15 is 0 Å². The second kappa shape index (κ2) is 7.82. The van der Waals surface area contributed by atoms with E-state index in [0.29, 0.717) is 10.00 Å². The van der Waals surface area contributed by atoms with Crippen LogP contribution >= 0.6 is 34.2 Å². The molecular formula is C18H22ClFIN2O3+. The SMILES string of the molecule is CCOC(=O)c1cn(C(C)C(I)[N+](C)(C)C)c2cc(Cl)c(F)cc2c1=O. The van der Waals surface area contributed by atoms with Crippen molar-refractivity contribution < 1.29 is 18.4 Å². The fraction of sp³-hybridized carbons (Fsp3) is 0.444. The van der Waals surface area contributed by atoms with Crippen LogP contribution in [0.1, 0.15) is 30.2 Å². The zero-order valence-corrected chi connectivity index (χ0v) is 18.3. The number of carbonyl (C=O) groups excluding carboxylic acids is 1. The molecule has 1 aromatic carbocycles. The van der Waals surface area contributed by atoms with Gasteiger partial charge < -0.3 is 13.8 Å². The van der Waals surface area contributed by atoms with E-state index in [4.69, 9.17) is 16.3 Å². The van der Waals surface area contributed by atoms with Crippen LogP contribution < -0.4 is 5.43 Å². The van der Waals surface area contributed by atoms with E-state index in [2.05, 4.69) is 43.7 Å². The molecule has 142 valence electrons. The lowest BCUT2D eigenvalue weighted by atomic mass is 10.1. The van der Waals surface area contributed by atoms with Crippen LogP contribution in [0.4, 0.5) is 4.39 Å². The molecule has 0 saturated heterocycles. The van der Waals surface area contributed by atoms with E-state index in [-0.39, 0.29) is 32.7 Å². The van der Waals surface area contributed by atoms with Gasteiger partial charge in [0.1, 0.15) is 11.4 Å². The highest BCUT2D eigenvalue weighted by molar-refractivity contribution is 14.1. The Bertz CT molecular complexity index is 908. The summed E-state index contributed by atoms with van der Waals surface area (Å²) in [5.41, 5.74) is -0.192. The fourth-order valence-corrected chi connectivity index (χ4v) is 3.32. The summed E-state index contributed by atoms with van der Waals surface area (Å²) in [4.78, 5) is 25.0. The number of ether oxygens (including phenoxy) is 1. The molecule has 0 bridgehead atoms. The maximum Gasteiger partial charge on any atom is 0.343 e. The van der Waals surface area contributed by atoms with Gasteiger partial charge in [-0.05, 0) is 48.6 Å². The number of hydrogen-bond donors (Lipinski definition) is 0. The van der Waals surface area contributed by atoms with E-state index in [1.165, 1.54) is 12.3 Å². The first-order valence-corrected chi connectivity index (χ1v) is 9.77. The molecular weight excluding hydrogens is 474 g/mol. The highest BCUT2D eigenvalue weighted by Gasteiger charge is 2.30. The largest absolute Gasteiger partial charge is 0.462 e. The van der Waals surface area contributed by atoms with Crippen molar-refractivity contribution in [2.75, 3.05) is 27.7 Å². The molecule has 8 heteroatoms. The summed E-state index contributed by atoms with van der Waals surface area (Å²) in [5.74, 6) is -1.42. The van der Waals surface area contributed by atoms with Gasteiger partial charge in [0.2, 0.25) is 5.43 Å². The lowest BCUT2D eigenvalue weighted by molar-refractivity contribution is -0.879. The number of pyridine rings is 1. The third kappa shape index (κ3) is 4.04. The molecule has 0 saturated carbocycles. The van der Waals surface area contributed by atoms with Crippen LogP contribution in [0.5, 0.6) is 0 Å². The van der Waals surface area contributed by atoms with Gasteiger partial charge in [0.05, 0.1) is 44.3 Å². The topological polar surface area (TPSA) is 48.3 Å². The van der Waals surface area contributed by atoms with Crippen molar-refractivity contribution in [2.45, 2.75) is 23.9 Å². The minimum atomic E-state index is -0.717. The number of rotatable bonds is 5. The highest BCUT2D eigenvalue weighted by atomic mass is 127. The number of carbonyl (C=O) groups is 1. The molecule has 0 aliphatic heterocycles. The normalized spacial score (nSPS) is 14.3. The zero-order valence-electron chi connectivity index (χ0n) is 15.3. The van der Waals surface area contributed by atoms with Gasteiger partial charge in [-0.2, -0.15) is 0 Å². The Labute approximate surface area is 170 Å². The number of halogens is 3. The Balaban J connectivity index is 2.82. The summed E-state index contributed by atoms with van der Waals surface area (Å²) in [5, 5.41) is 0.0336. The number of benzene rings is 1. The summed E-state index contributed by atoms with van der Waals surface area (Å²) in [6, 6.07) is 2.41. The van der Waals surface area contributed by atoms with Crippen LogP contribution in [-0.2, 0) is 4.74 Å². The van der Waals surface area contributed by atoms with E-state index in [1.807, 2.05) is 6.92 Å². The Hall–Kier alpha value is -1.19. The van der Waals surface area contributed by atoms with Crippen LogP contribution in [0.25, 0.3) is 10.9 Å². The van der Waals surface area contributed by atoms with Crippen LogP contribution in [-0.4, -0.2) is 46.8 Å². The molecule has 0 fully saturated rings. The molecule has 2 atom stereocenters. The molecule has 1 aromatic heterocycles. The van der Waals surface area contributed by atoms with Crippen molar-refractivity contribution in [1.82, 2.24) is 4.57 Å². The Morgan fingerprint density at radius 1 is 1.38 bits per heavy atom. The Kier molecular flexibility index (Phi) is 6.35. The molecule has 2 rings (SSSR count). The fourth-order valence-electron chi connectivity index (χ4n) is 2.82. The lowest BCUT2D eigenvalue weighted by Gasteiger charge is -2.35. The molecule has 0 aliphatic carbocycles. The maximum atomic E-state index is 14.0. The highest BCUT2D eigenvalue weighted by Crippen LogP contribution is 2.30. The van der Waals surface area contributed by atoms with Crippen molar-refractivity contribution in [2.24, 2.45) is 0 Å². The standard InChI is InChI=1S/C18H22ClFIN2O3/c1-6-26-18(25)12-9-22(10(2)17(21)23(3,4)5)15-8-13(19)14(20)7-11(15)16(12)24/h7-10,17H,6H2,1-5H3/q+1. The van der Waals surface area contributed by atoms with Crippen molar-refractivity contribution in [3.8, 4) is 0 Å². The lowest BCUT2D eigenvalue weighted by Crippen LogP contribution is -2.45. The summed E-state index contributed by atoms with van der Waals surface area (Å²) in [7, 11) is 6.16. The smallest absolute Gasteiger partial charge is 0.343 e. The van der Waals surface area contributed by atoms with Crippen molar-refractivity contribution >= 4 is 51.1 Å². The van der Waals surface area contributed by atoms with Gasteiger partial charge in [0, 0.05) is 11.6 Å². The summed E-state index contributed by atoms with van der Waals surface area (Å²) in [6.07, 6.45) is 1.49. The Morgan fingerprint density at radius 2 is 2.00 bits per heavy atom. The summed E-state index contributed by atoms with van der Waals surface area (Å²) in [6.45, 7) is 3.79. The first-order chi connectivity index (χ1) is 12.0. The van der Waals surface area contributed by atoms with Gasteiger partial charge in [-0.3, -0.25) is 4.79 Å².